The number of carbonyl (C=O) groups is 1. The topological polar surface area (TPSA) is 85.2 Å². The van der Waals surface area contributed by atoms with Crippen molar-refractivity contribution in [3.8, 4) is 5.82 Å². The number of nitrogens with one attached hydrogen (secondary N) is 1. The van der Waals surface area contributed by atoms with Crippen LogP contribution in [0.4, 0.5) is 20.4 Å². The maximum atomic E-state index is 13.9. The number of alkyl halides is 2. The van der Waals surface area contributed by atoms with Gasteiger partial charge in [-0.1, -0.05) is 6.07 Å². The second-order valence-electron chi connectivity index (χ2n) is 7.93. The van der Waals surface area contributed by atoms with Gasteiger partial charge in [-0.25, -0.2) is 14.6 Å². The fourth-order valence-corrected chi connectivity index (χ4v) is 3.79. The molecule has 4 heterocycles. The van der Waals surface area contributed by atoms with Crippen molar-refractivity contribution >= 4 is 28.4 Å². The Morgan fingerprint density at radius 1 is 1.26 bits per heavy atom. The molecule has 0 spiro atoms. The van der Waals surface area contributed by atoms with Crippen LogP contribution >= 0.6 is 0 Å². The van der Waals surface area contributed by atoms with Crippen molar-refractivity contribution in [2.24, 2.45) is 0 Å². The van der Waals surface area contributed by atoms with Crippen molar-refractivity contribution in [3.05, 3.63) is 36.2 Å². The molecule has 1 aliphatic heterocycles. The highest BCUT2D eigenvalue weighted by Gasteiger charge is 2.29. The van der Waals surface area contributed by atoms with Gasteiger partial charge >= 0.3 is 0 Å². The summed E-state index contributed by atoms with van der Waals surface area (Å²) in [5.41, 5.74) is 0.254. The van der Waals surface area contributed by atoms with Gasteiger partial charge in [0.15, 0.2) is 11.6 Å². The molecule has 0 saturated carbocycles. The van der Waals surface area contributed by atoms with Crippen molar-refractivity contribution in [1.29, 1.82) is 0 Å². The quantitative estimate of drug-likeness (QED) is 0.682. The average molecular weight is 430 g/mol. The van der Waals surface area contributed by atoms with E-state index in [1.165, 1.54) is 23.7 Å². The van der Waals surface area contributed by atoms with Gasteiger partial charge in [-0.15, -0.1) is 5.10 Å². The second-order valence-corrected chi connectivity index (χ2v) is 7.93. The average Bonchev–Trinajstić information content (AvgIpc) is 3.05. The van der Waals surface area contributed by atoms with E-state index >= 15 is 0 Å². The Morgan fingerprint density at radius 3 is 2.61 bits per heavy atom. The maximum Gasteiger partial charge on any atom is 0.287 e. The van der Waals surface area contributed by atoms with E-state index in [1.807, 2.05) is 13.8 Å². The van der Waals surface area contributed by atoms with E-state index in [0.717, 1.165) is 12.3 Å². The molecule has 0 radical (unpaired) electrons. The Morgan fingerprint density at radius 2 is 1.97 bits per heavy atom. The first-order valence-corrected chi connectivity index (χ1v) is 10.0. The van der Waals surface area contributed by atoms with E-state index < -0.39 is 5.92 Å². The molecule has 31 heavy (non-hydrogen) atoms. The Balaban J connectivity index is 1.88. The normalized spacial score (nSPS) is 19.6. The highest BCUT2D eigenvalue weighted by molar-refractivity contribution is 5.95. The molecular formula is C21H24F2N6O2. The van der Waals surface area contributed by atoms with E-state index in [-0.39, 0.29) is 29.6 Å². The summed E-state index contributed by atoms with van der Waals surface area (Å²) < 4.78 is 35.1. The number of halogens is 2. The third kappa shape index (κ3) is 4.34. The van der Waals surface area contributed by atoms with Crippen LogP contribution in [-0.2, 0) is 15.5 Å². The summed E-state index contributed by atoms with van der Waals surface area (Å²) in [5, 5.41) is 8.10. The molecule has 4 rings (SSSR count). The molecule has 8 nitrogen and oxygen atoms in total. The number of anilines is 2. The van der Waals surface area contributed by atoms with Crippen LogP contribution in [0.25, 0.3) is 16.7 Å². The molecule has 164 valence electrons. The largest absolute Gasteiger partial charge is 0.372 e. The number of amides is 1. The van der Waals surface area contributed by atoms with Gasteiger partial charge in [0.2, 0.25) is 5.91 Å². The first-order valence-electron chi connectivity index (χ1n) is 10.0. The fraction of sp³-hybridized carbons (Fsp3) is 0.429. The Bertz CT molecular complexity index is 1120. The molecule has 1 fully saturated rings. The zero-order valence-corrected chi connectivity index (χ0v) is 17.8. The first-order chi connectivity index (χ1) is 14.6. The second kappa shape index (κ2) is 7.84. The zero-order valence-electron chi connectivity index (χ0n) is 17.8. The lowest BCUT2D eigenvalue weighted by Gasteiger charge is -2.35. The number of ether oxygens (including phenoxy) is 1. The number of pyridine rings is 2. The van der Waals surface area contributed by atoms with Gasteiger partial charge in [0.1, 0.15) is 11.5 Å². The van der Waals surface area contributed by atoms with Gasteiger partial charge in [0.25, 0.3) is 5.92 Å². The molecular weight excluding hydrogens is 406 g/mol. The molecule has 0 aliphatic carbocycles. The lowest BCUT2D eigenvalue weighted by atomic mass is 10.2. The molecule has 3 aromatic rings. The van der Waals surface area contributed by atoms with Gasteiger partial charge in [0, 0.05) is 39.2 Å². The molecule has 0 aromatic carbocycles. The minimum atomic E-state index is -3.08. The van der Waals surface area contributed by atoms with Crippen LogP contribution in [0.1, 0.15) is 33.4 Å². The number of carbonyl (C=O) groups excluding carboxylic acids is 1. The molecule has 0 bridgehead atoms. The molecule has 1 N–H and O–H groups in total. The van der Waals surface area contributed by atoms with E-state index in [2.05, 4.69) is 20.2 Å². The predicted octanol–water partition coefficient (Wildman–Crippen LogP) is 3.50. The van der Waals surface area contributed by atoms with Crippen LogP contribution in [0.5, 0.6) is 0 Å². The fourth-order valence-electron chi connectivity index (χ4n) is 3.79. The van der Waals surface area contributed by atoms with Gasteiger partial charge in [-0.3, -0.25) is 4.79 Å². The summed E-state index contributed by atoms with van der Waals surface area (Å²) in [6.07, 6.45) is 1.65. The highest BCUT2D eigenvalue weighted by Crippen LogP contribution is 2.32. The van der Waals surface area contributed by atoms with Crippen LogP contribution in [0, 0.1) is 0 Å². The standard InChI is InChI=1S/C21H24F2N6O2/c1-12-10-28(11-13(2)31-12)20-15-9-24-18(25-14(3)30)8-16(15)29(27-20)19-7-5-6-17(26-19)21(4,22)23/h5-9,12-13H,10-11H2,1-4H3,(H,24,25,30)/t12-,13-/m1/s1. The van der Waals surface area contributed by atoms with Crippen molar-refractivity contribution in [2.45, 2.75) is 45.8 Å². The van der Waals surface area contributed by atoms with Crippen LogP contribution in [0.3, 0.4) is 0 Å². The third-order valence-corrected chi connectivity index (χ3v) is 4.97. The molecule has 1 aliphatic rings. The summed E-state index contributed by atoms with van der Waals surface area (Å²) in [4.78, 5) is 22.0. The Labute approximate surface area is 178 Å². The number of aromatic nitrogens is 4. The Hall–Kier alpha value is -3.14. The lowest BCUT2D eigenvalue weighted by Crippen LogP contribution is -2.45. The minimum Gasteiger partial charge on any atom is -0.372 e. The van der Waals surface area contributed by atoms with Crippen LogP contribution in [0.15, 0.2) is 30.5 Å². The van der Waals surface area contributed by atoms with Gasteiger partial charge in [0.05, 0.1) is 23.1 Å². The summed E-state index contributed by atoms with van der Waals surface area (Å²) >= 11 is 0. The van der Waals surface area contributed by atoms with E-state index in [0.29, 0.717) is 30.2 Å². The van der Waals surface area contributed by atoms with Crippen LogP contribution in [-0.4, -0.2) is 51.0 Å². The summed E-state index contributed by atoms with van der Waals surface area (Å²) in [6.45, 7) is 7.43. The number of morpholine rings is 1. The smallest absolute Gasteiger partial charge is 0.287 e. The van der Waals surface area contributed by atoms with Crippen molar-refractivity contribution in [1.82, 2.24) is 19.7 Å². The van der Waals surface area contributed by atoms with Gasteiger partial charge in [-0.2, -0.15) is 8.78 Å². The van der Waals surface area contributed by atoms with Gasteiger partial charge in [-0.05, 0) is 26.0 Å². The van der Waals surface area contributed by atoms with Crippen molar-refractivity contribution < 1.29 is 18.3 Å². The zero-order chi connectivity index (χ0) is 22.3. The molecule has 1 saturated heterocycles. The first kappa shape index (κ1) is 21.1. The number of rotatable bonds is 4. The monoisotopic (exact) mass is 430 g/mol. The summed E-state index contributed by atoms with van der Waals surface area (Å²) in [5.74, 6) is -2.09. The third-order valence-electron chi connectivity index (χ3n) is 4.97. The SMILES string of the molecule is CC(=O)Nc1cc2c(cn1)c(N1C[C@@H](C)O[C@H](C)C1)nn2-c1cccc(C(C)(F)F)n1. The molecule has 1 amide bonds. The predicted molar refractivity (Wildman–Crippen MR) is 113 cm³/mol. The molecule has 10 heteroatoms. The van der Waals surface area contributed by atoms with Gasteiger partial charge < -0.3 is 15.0 Å². The number of hydrogen-bond donors (Lipinski definition) is 1. The van der Waals surface area contributed by atoms with Crippen LogP contribution in [0.2, 0.25) is 0 Å². The molecule has 2 atom stereocenters. The number of hydrogen-bond acceptors (Lipinski definition) is 6. The van der Waals surface area contributed by atoms with E-state index in [9.17, 15) is 13.6 Å². The van der Waals surface area contributed by atoms with Crippen molar-refractivity contribution in [3.63, 3.8) is 0 Å². The van der Waals surface area contributed by atoms with Crippen LogP contribution < -0.4 is 10.2 Å². The maximum absolute atomic E-state index is 13.9. The summed E-state index contributed by atoms with van der Waals surface area (Å²) in [6, 6.07) is 6.09. The minimum absolute atomic E-state index is 0.01000. The highest BCUT2D eigenvalue weighted by atomic mass is 19.3. The lowest BCUT2D eigenvalue weighted by molar-refractivity contribution is -0.114. The summed E-state index contributed by atoms with van der Waals surface area (Å²) in [7, 11) is 0. The van der Waals surface area contributed by atoms with E-state index in [4.69, 9.17) is 9.84 Å². The van der Waals surface area contributed by atoms with E-state index in [1.54, 1.807) is 18.3 Å². The number of nitrogens with zero attached hydrogens (tertiary/aromatic N) is 5. The number of fused-ring (bicyclic) bond motifs is 1. The Kier molecular flexibility index (Phi) is 5.34. The van der Waals surface area contributed by atoms with Crippen molar-refractivity contribution in [2.75, 3.05) is 23.3 Å². The molecule has 3 aromatic heterocycles. The molecule has 0 unspecified atom stereocenters.